The van der Waals surface area contributed by atoms with Crippen LogP contribution in [0.25, 0.3) is 5.69 Å². The molecule has 2 aromatic rings. The van der Waals surface area contributed by atoms with E-state index in [1.165, 1.54) is 0 Å². The van der Waals surface area contributed by atoms with E-state index in [2.05, 4.69) is 4.98 Å². The van der Waals surface area contributed by atoms with Gasteiger partial charge in [-0.1, -0.05) is 12.1 Å². The van der Waals surface area contributed by atoms with E-state index in [0.29, 0.717) is 0 Å². The summed E-state index contributed by atoms with van der Waals surface area (Å²) < 4.78 is 1.91. The van der Waals surface area contributed by atoms with Gasteiger partial charge in [-0.15, -0.1) is 0 Å². The quantitative estimate of drug-likeness (QED) is 0.782. The lowest BCUT2D eigenvalue weighted by Crippen LogP contribution is -1.95. The second-order valence-electron chi connectivity index (χ2n) is 3.24. The highest BCUT2D eigenvalue weighted by atomic mass is 16.3. The fourth-order valence-electron chi connectivity index (χ4n) is 1.36. The smallest absolute Gasteiger partial charge is 0.0991 e. The molecule has 3 nitrogen and oxygen atoms in total. The SMILES string of the molecule is CC(O)c1cccc(-n2ccnc2)c1. The number of nitrogens with zero attached hydrogens (tertiary/aromatic N) is 2. The van der Waals surface area contributed by atoms with Crippen molar-refractivity contribution in [3.8, 4) is 5.69 Å². The summed E-state index contributed by atoms with van der Waals surface area (Å²) in [5.41, 5.74) is 1.93. The number of hydrogen-bond donors (Lipinski definition) is 1. The van der Waals surface area contributed by atoms with Crippen LogP contribution in [0.3, 0.4) is 0 Å². The predicted molar refractivity (Wildman–Crippen MR) is 54.2 cm³/mol. The third kappa shape index (κ3) is 1.67. The van der Waals surface area contributed by atoms with Crippen molar-refractivity contribution in [1.29, 1.82) is 0 Å². The van der Waals surface area contributed by atoms with Gasteiger partial charge in [0.05, 0.1) is 12.4 Å². The molecule has 1 atom stereocenters. The molecule has 0 fully saturated rings. The molecule has 1 aromatic carbocycles. The molecule has 3 heteroatoms. The Morgan fingerprint density at radius 1 is 1.43 bits per heavy atom. The Labute approximate surface area is 82.7 Å². The van der Waals surface area contributed by atoms with Gasteiger partial charge < -0.3 is 9.67 Å². The van der Waals surface area contributed by atoms with Gasteiger partial charge in [0.2, 0.25) is 0 Å². The second-order valence-corrected chi connectivity index (χ2v) is 3.24. The zero-order valence-corrected chi connectivity index (χ0v) is 7.96. The first kappa shape index (κ1) is 8.97. The summed E-state index contributed by atoms with van der Waals surface area (Å²) in [7, 11) is 0. The van der Waals surface area contributed by atoms with Gasteiger partial charge in [-0.2, -0.15) is 0 Å². The molecular formula is C11H12N2O. The number of aliphatic hydroxyl groups excluding tert-OH is 1. The van der Waals surface area contributed by atoms with Gasteiger partial charge in [0.25, 0.3) is 0 Å². The van der Waals surface area contributed by atoms with E-state index in [-0.39, 0.29) is 0 Å². The highest BCUT2D eigenvalue weighted by molar-refractivity contribution is 5.36. The molecule has 0 aliphatic heterocycles. The molecule has 0 amide bonds. The van der Waals surface area contributed by atoms with Crippen LogP contribution in [0.15, 0.2) is 43.0 Å². The number of aromatic nitrogens is 2. The van der Waals surface area contributed by atoms with Gasteiger partial charge in [0.1, 0.15) is 0 Å². The Hall–Kier alpha value is -1.61. The lowest BCUT2D eigenvalue weighted by Gasteiger charge is -2.07. The first-order valence-corrected chi connectivity index (χ1v) is 4.54. The summed E-state index contributed by atoms with van der Waals surface area (Å²) in [6.07, 6.45) is 4.91. The van der Waals surface area contributed by atoms with Crippen molar-refractivity contribution in [3.63, 3.8) is 0 Å². The lowest BCUT2D eigenvalue weighted by molar-refractivity contribution is 0.199. The molecule has 14 heavy (non-hydrogen) atoms. The fraction of sp³-hybridized carbons (Fsp3) is 0.182. The average Bonchev–Trinajstić information content (AvgIpc) is 2.71. The van der Waals surface area contributed by atoms with E-state index in [0.717, 1.165) is 11.3 Å². The second kappa shape index (κ2) is 3.64. The topological polar surface area (TPSA) is 38.0 Å². The third-order valence-electron chi connectivity index (χ3n) is 2.16. The minimum absolute atomic E-state index is 0.432. The molecule has 0 bridgehead atoms. The Morgan fingerprint density at radius 2 is 2.29 bits per heavy atom. The van der Waals surface area contributed by atoms with Gasteiger partial charge >= 0.3 is 0 Å². The standard InChI is InChI=1S/C11H12N2O/c1-9(14)10-3-2-4-11(7-10)13-6-5-12-8-13/h2-9,14H,1H3. The Morgan fingerprint density at radius 3 is 2.93 bits per heavy atom. The Bertz CT molecular complexity index is 407. The number of hydrogen-bond acceptors (Lipinski definition) is 2. The number of benzene rings is 1. The van der Waals surface area contributed by atoms with E-state index in [9.17, 15) is 5.11 Å². The lowest BCUT2D eigenvalue weighted by atomic mass is 10.1. The van der Waals surface area contributed by atoms with Crippen LogP contribution in [0.4, 0.5) is 0 Å². The molecule has 0 aliphatic rings. The van der Waals surface area contributed by atoms with Gasteiger partial charge in [0.15, 0.2) is 0 Å². The van der Waals surface area contributed by atoms with Crippen molar-refractivity contribution < 1.29 is 5.11 Å². The normalized spacial score (nSPS) is 12.7. The number of imidazole rings is 1. The van der Waals surface area contributed by atoms with E-state index in [4.69, 9.17) is 0 Å². The van der Waals surface area contributed by atoms with Crippen LogP contribution in [0.5, 0.6) is 0 Å². The largest absolute Gasteiger partial charge is 0.389 e. The van der Waals surface area contributed by atoms with Crippen LogP contribution in [0.2, 0.25) is 0 Å². The molecule has 1 aromatic heterocycles. The summed E-state index contributed by atoms with van der Waals surface area (Å²) in [5, 5.41) is 9.42. The molecule has 0 saturated carbocycles. The van der Waals surface area contributed by atoms with Crippen molar-refractivity contribution in [1.82, 2.24) is 9.55 Å². The van der Waals surface area contributed by atoms with Gasteiger partial charge in [-0.25, -0.2) is 4.98 Å². The zero-order valence-electron chi connectivity index (χ0n) is 7.96. The molecule has 0 spiro atoms. The van der Waals surface area contributed by atoms with E-state index in [1.54, 1.807) is 19.4 Å². The predicted octanol–water partition coefficient (Wildman–Crippen LogP) is 1.93. The zero-order chi connectivity index (χ0) is 9.97. The molecule has 1 unspecified atom stereocenters. The molecule has 1 N–H and O–H groups in total. The van der Waals surface area contributed by atoms with Crippen molar-refractivity contribution in [3.05, 3.63) is 48.5 Å². The van der Waals surface area contributed by atoms with Crippen LogP contribution in [-0.2, 0) is 0 Å². The van der Waals surface area contributed by atoms with Crippen LogP contribution in [0.1, 0.15) is 18.6 Å². The summed E-state index contributed by atoms with van der Waals surface area (Å²) in [5.74, 6) is 0. The van der Waals surface area contributed by atoms with E-state index in [1.807, 2.05) is 35.0 Å². The summed E-state index contributed by atoms with van der Waals surface area (Å²) in [4.78, 5) is 3.97. The van der Waals surface area contributed by atoms with Crippen molar-refractivity contribution in [2.75, 3.05) is 0 Å². The monoisotopic (exact) mass is 188 g/mol. The summed E-state index contributed by atoms with van der Waals surface area (Å²) in [6.45, 7) is 1.76. The molecular weight excluding hydrogens is 176 g/mol. The maximum Gasteiger partial charge on any atom is 0.0991 e. The van der Waals surface area contributed by atoms with Crippen molar-refractivity contribution >= 4 is 0 Å². The van der Waals surface area contributed by atoms with Crippen LogP contribution >= 0.6 is 0 Å². The first-order valence-electron chi connectivity index (χ1n) is 4.54. The van der Waals surface area contributed by atoms with E-state index >= 15 is 0 Å². The molecule has 72 valence electrons. The van der Waals surface area contributed by atoms with Crippen LogP contribution < -0.4 is 0 Å². The molecule has 0 saturated heterocycles. The fourth-order valence-corrected chi connectivity index (χ4v) is 1.36. The maximum absolute atomic E-state index is 9.42. The van der Waals surface area contributed by atoms with Crippen LogP contribution in [0, 0.1) is 0 Å². The minimum Gasteiger partial charge on any atom is -0.389 e. The molecule has 1 heterocycles. The van der Waals surface area contributed by atoms with Crippen molar-refractivity contribution in [2.24, 2.45) is 0 Å². The third-order valence-corrected chi connectivity index (χ3v) is 2.16. The molecule has 0 radical (unpaired) electrons. The minimum atomic E-state index is -0.432. The summed E-state index contributed by atoms with van der Waals surface area (Å²) >= 11 is 0. The maximum atomic E-state index is 9.42. The van der Waals surface area contributed by atoms with Gasteiger partial charge in [-0.05, 0) is 24.6 Å². The number of rotatable bonds is 2. The van der Waals surface area contributed by atoms with E-state index < -0.39 is 6.10 Å². The molecule has 0 aliphatic carbocycles. The highest BCUT2D eigenvalue weighted by Crippen LogP contribution is 2.15. The average molecular weight is 188 g/mol. The van der Waals surface area contributed by atoms with Crippen molar-refractivity contribution in [2.45, 2.75) is 13.0 Å². The Balaban J connectivity index is 2.41. The highest BCUT2D eigenvalue weighted by Gasteiger charge is 2.01. The van der Waals surface area contributed by atoms with Gasteiger partial charge in [0, 0.05) is 18.1 Å². The number of aliphatic hydroxyl groups is 1. The van der Waals surface area contributed by atoms with Crippen LogP contribution in [-0.4, -0.2) is 14.7 Å². The first-order chi connectivity index (χ1) is 6.77. The van der Waals surface area contributed by atoms with Gasteiger partial charge in [-0.3, -0.25) is 0 Å². The molecule has 2 rings (SSSR count). The summed E-state index contributed by atoms with van der Waals surface area (Å²) in [6, 6.07) is 7.77. The Kier molecular flexibility index (Phi) is 2.33.